The van der Waals surface area contributed by atoms with E-state index in [0.717, 1.165) is 71.6 Å². The van der Waals surface area contributed by atoms with Gasteiger partial charge in [-0.05, 0) is 74.1 Å². The molecule has 0 N–H and O–H groups in total. The van der Waals surface area contributed by atoms with Crippen LogP contribution >= 0.6 is 0 Å². The number of fused-ring (bicyclic) bond motifs is 6. The zero-order valence-corrected chi connectivity index (χ0v) is 23.5. The molecule has 1 aliphatic heterocycles. The zero-order valence-electron chi connectivity index (χ0n) is 23.5. The maximum absolute atomic E-state index is 6.62. The Morgan fingerprint density at radius 2 is 1.07 bits per heavy atom. The first-order chi connectivity index (χ1) is 19.8. The molecule has 0 bridgehead atoms. The van der Waals surface area contributed by atoms with Crippen molar-refractivity contribution in [2.24, 2.45) is 0 Å². The first-order valence-electron chi connectivity index (χ1n) is 14.1. The van der Waals surface area contributed by atoms with Crippen LogP contribution in [-0.2, 0) is 9.31 Å². The van der Waals surface area contributed by atoms with Crippen molar-refractivity contribution >= 4 is 56.5 Å². The van der Waals surface area contributed by atoms with Gasteiger partial charge in [-0.1, -0.05) is 78.9 Å². The summed E-state index contributed by atoms with van der Waals surface area (Å²) in [4.78, 5) is 0. The van der Waals surface area contributed by atoms with E-state index in [2.05, 4.69) is 100 Å². The summed E-state index contributed by atoms with van der Waals surface area (Å²) in [5, 5.41) is 4.40. The Kier molecular flexibility index (Phi) is 5.13. The first kappa shape index (κ1) is 24.5. The van der Waals surface area contributed by atoms with Crippen LogP contribution in [0.3, 0.4) is 0 Å². The molecule has 5 aromatic carbocycles. The average molecular weight is 536 g/mol. The highest BCUT2D eigenvalue weighted by molar-refractivity contribution is 6.62. The molecular formula is C36H29BO4. The summed E-state index contributed by atoms with van der Waals surface area (Å²) in [6.45, 7) is 8.32. The Labute approximate surface area is 238 Å². The standard InChI is InChI=1S/C36H29BO4/c1-35(2)36(3,4)41-37(40-35)23-18-16-22(17-19-23)24-20-21-26(34-33(24)28-11-6-8-14-30(28)39-34)25-12-9-15-31-32(25)27-10-5-7-13-29(27)38-31/h5-21H,1-4H3. The highest BCUT2D eigenvalue weighted by Gasteiger charge is 2.51. The van der Waals surface area contributed by atoms with Crippen molar-refractivity contribution in [2.75, 3.05) is 0 Å². The first-order valence-corrected chi connectivity index (χ1v) is 14.1. The summed E-state index contributed by atoms with van der Waals surface area (Å²) in [5.74, 6) is 0. The van der Waals surface area contributed by atoms with E-state index in [0.29, 0.717) is 0 Å². The predicted octanol–water partition coefficient (Wildman–Crippen LogP) is 9.12. The van der Waals surface area contributed by atoms with Gasteiger partial charge in [0.2, 0.25) is 0 Å². The minimum Gasteiger partial charge on any atom is -0.456 e. The second-order valence-corrected chi connectivity index (χ2v) is 12.0. The van der Waals surface area contributed by atoms with Crippen molar-refractivity contribution in [2.45, 2.75) is 38.9 Å². The molecule has 7 aromatic rings. The molecule has 1 saturated heterocycles. The fourth-order valence-electron chi connectivity index (χ4n) is 6.08. The molecule has 200 valence electrons. The van der Waals surface area contributed by atoms with E-state index in [1.807, 2.05) is 30.3 Å². The number of hydrogen-bond donors (Lipinski definition) is 0. The number of para-hydroxylation sites is 2. The van der Waals surface area contributed by atoms with Crippen LogP contribution in [0.1, 0.15) is 27.7 Å². The molecule has 5 heteroatoms. The number of furan rings is 2. The van der Waals surface area contributed by atoms with Gasteiger partial charge in [-0.15, -0.1) is 0 Å². The molecule has 0 atom stereocenters. The van der Waals surface area contributed by atoms with E-state index < -0.39 is 7.12 Å². The van der Waals surface area contributed by atoms with Gasteiger partial charge < -0.3 is 18.1 Å². The predicted molar refractivity (Wildman–Crippen MR) is 168 cm³/mol. The Balaban J connectivity index is 1.31. The van der Waals surface area contributed by atoms with Crippen LogP contribution in [0.2, 0.25) is 0 Å². The SMILES string of the molecule is CC1(C)OB(c2ccc(-c3ccc(-c4cccc5oc6ccccc6c45)c4oc5ccccc5c34)cc2)OC1(C)C. The highest BCUT2D eigenvalue weighted by Crippen LogP contribution is 2.45. The summed E-state index contributed by atoms with van der Waals surface area (Å²) < 4.78 is 25.4. The van der Waals surface area contributed by atoms with Gasteiger partial charge in [0.05, 0.1) is 11.2 Å². The van der Waals surface area contributed by atoms with Gasteiger partial charge in [0, 0.05) is 27.1 Å². The number of rotatable bonds is 3. The van der Waals surface area contributed by atoms with Crippen molar-refractivity contribution in [1.29, 1.82) is 0 Å². The van der Waals surface area contributed by atoms with Crippen LogP contribution in [0.25, 0.3) is 66.1 Å². The van der Waals surface area contributed by atoms with Crippen LogP contribution in [-0.4, -0.2) is 18.3 Å². The van der Waals surface area contributed by atoms with Gasteiger partial charge in [0.25, 0.3) is 0 Å². The number of benzene rings is 5. The van der Waals surface area contributed by atoms with Crippen LogP contribution in [0.4, 0.5) is 0 Å². The fourth-order valence-corrected chi connectivity index (χ4v) is 6.08. The fraction of sp³-hybridized carbons (Fsp3) is 0.167. The van der Waals surface area contributed by atoms with E-state index in [-0.39, 0.29) is 11.2 Å². The Morgan fingerprint density at radius 3 is 1.78 bits per heavy atom. The zero-order chi connectivity index (χ0) is 27.9. The third kappa shape index (κ3) is 3.63. The number of hydrogen-bond acceptors (Lipinski definition) is 4. The van der Waals surface area contributed by atoms with Crippen molar-refractivity contribution in [3.05, 3.63) is 103 Å². The van der Waals surface area contributed by atoms with Crippen molar-refractivity contribution < 1.29 is 18.1 Å². The largest absolute Gasteiger partial charge is 0.494 e. The lowest BCUT2D eigenvalue weighted by Crippen LogP contribution is -2.41. The molecule has 1 fully saturated rings. The van der Waals surface area contributed by atoms with Crippen LogP contribution in [0.15, 0.2) is 112 Å². The van der Waals surface area contributed by atoms with Gasteiger partial charge in [-0.2, -0.15) is 0 Å². The van der Waals surface area contributed by atoms with E-state index in [9.17, 15) is 0 Å². The van der Waals surface area contributed by atoms with Gasteiger partial charge in [-0.3, -0.25) is 0 Å². The quantitative estimate of drug-likeness (QED) is 0.211. The van der Waals surface area contributed by atoms with E-state index in [4.69, 9.17) is 18.1 Å². The van der Waals surface area contributed by atoms with E-state index in [1.54, 1.807) is 0 Å². The van der Waals surface area contributed by atoms with Crippen molar-refractivity contribution in [3.8, 4) is 22.3 Å². The molecule has 8 rings (SSSR count). The summed E-state index contributed by atoms with van der Waals surface area (Å²) in [6, 6.07) is 35.6. The third-order valence-electron chi connectivity index (χ3n) is 8.97. The van der Waals surface area contributed by atoms with Gasteiger partial charge in [0.15, 0.2) is 0 Å². The molecule has 0 radical (unpaired) electrons. The third-order valence-corrected chi connectivity index (χ3v) is 8.97. The normalized spacial score (nSPS) is 16.4. The van der Waals surface area contributed by atoms with Crippen LogP contribution in [0.5, 0.6) is 0 Å². The molecule has 0 saturated carbocycles. The Hall–Kier alpha value is -4.32. The second-order valence-electron chi connectivity index (χ2n) is 12.0. The topological polar surface area (TPSA) is 44.7 Å². The van der Waals surface area contributed by atoms with E-state index in [1.165, 1.54) is 0 Å². The molecule has 1 aliphatic rings. The monoisotopic (exact) mass is 536 g/mol. The van der Waals surface area contributed by atoms with Crippen LogP contribution < -0.4 is 5.46 Å². The maximum Gasteiger partial charge on any atom is 0.494 e. The molecule has 0 spiro atoms. The Morgan fingerprint density at radius 1 is 0.488 bits per heavy atom. The second kappa shape index (κ2) is 8.59. The lowest BCUT2D eigenvalue weighted by Gasteiger charge is -2.32. The van der Waals surface area contributed by atoms with Gasteiger partial charge >= 0.3 is 7.12 Å². The summed E-state index contributed by atoms with van der Waals surface area (Å²) in [6.07, 6.45) is 0. The molecule has 3 heterocycles. The smallest absolute Gasteiger partial charge is 0.456 e. The van der Waals surface area contributed by atoms with Crippen molar-refractivity contribution in [1.82, 2.24) is 0 Å². The minimum absolute atomic E-state index is 0.378. The molecule has 0 amide bonds. The molecule has 4 nitrogen and oxygen atoms in total. The summed E-state index contributed by atoms with van der Waals surface area (Å²) in [5.41, 5.74) is 8.13. The molecule has 0 unspecified atom stereocenters. The van der Waals surface area contributed by atoms with E-state index >= 15 is 0 Å². The van der Waals surface area contributed by atoms with Crippen molar-refractivity contribution in [3.63, 3.8) is 0 Å². The van der Waals surface area contributed by atoms with Gasteiger partial charge in [0.1, 0.15) is 22.3 Å². The average Bonchev–Trinajstić information content (AvgIpc) is 3.61. The molecule has 2 aromatic heterocycles. The van der Waals surface area contributed by atoms with Crippen LogP contribution in [0, 0.1) is 0 Å². The molecule has 41 heavy (non-hydrogen) atoms. The maximum atomic E-state index is 6.62. The lowest BCUT2D eigenvalue weighted by atomic mass is 9.78. The molecule has 0 aliphatic carbocycles. The lowest BCUT2D eigenvalue weighted by molar-refractivity contribution is 0.00578. The highest BCUT2D eigenvalue weighted by atomic mass is 16.7. The minimum atomic E-state index is -0.392. The summed E-state index contributed by atoms with van der Waals surface area (Å²) in [7, 11) is -0.392. The summed E-state index contributed by atoms with van der Waals surface area (Å²) >= 11 is 0. The Bertz CT molecular complexity index is 2100. The molecular weight excluding hydrogens is 507 g/mol. The van der Waals surface area contributed by atoms with Gasteiger partial charge in [-0.25, -0.2) is 0 Å².